The van der Waals surface area contributed by atoms with E-state index in [1.807, 2.05) is 6.07 Å². The molecular weight excluding hydrogens is 190 g/mol. The molecular formula is C12H9NO2. The number of rotatable bonds is 2. The van der Waals surface area contributed by atoms with E-state index >= 15 is 0 Å². The Morgan fingerprint density at radius 2 is 1.80 bits per heavy atom. The van der Waals surface area contributed by atoms with Gasteiger partial charge in [-0.2, -0.15) is 0 Å². The van der Waals surface area contributed by atoms with Crippen molar-refractivity contribution in [3.8, 4) is 5.75 Å². The topological polar surface area (TPSA) is 50.2 Å². The van der Waals surface area contributed by atoms with Crippen LogP contribution in [-0.4, -0.2) is 15.9 Å². The smallest absolute Gasteiger partial charge is 0.211 e. The summed E-state index contributed by atoms with van der Waals surface area (Å²) in [5, 5.41) is 9.04. The van der Waals surface area contributed by atoms with Crippen molar-refractivity contribution in [3.63, 3.8) is 0 Å². The van der Waals surface area contributed by atoms with Crippen LogP contribution < -0.4 is 0 Å². The molecule has 0 aliphatic heterocycles. The predicted molar refractivity (Wildman–Crippen MR) is 55.8 cm³/mol. The molecule has 3 heteroatoms. The highest BCUT2D eigenvalue weighted by Gasteiger charge is 2.08. The quantitative estimate of drug-likeness (QED) is 0.753. The van der Waals surface area contributed by atoms with E-state index in [4.69, 9.17) is 5.11 Å². The molecule has 0 bridgehead atoms. The summed E-state index contributed by atoms with van der Waals surface area (Å²) in [7, 11) is 0. The molecule has 0 unspecified atom stereocenters. The van der Waals surface area contributed by atoms with Gasteiger partial charge in [0.25, 0.3) is 0 Å². The highest BCUT2D eigenvalue weighted by molar-refractivity contribution is 6.07. The fourth-order valence-corrected chi connectivity index (χ4v) is 1.26. The first kappa shape index (κ1) is 9.40. The van der Waals surface area contributed by atoms with Crippen LogP contribution in [0.3, 0.4) is 0 Å². The first-order valence-corrected chi connectivity index (χ1v) is 4.52. The summed E-state index contributed by atoms with van der Waals surface area (Å²) >= 11 is 0. The molecule has 1 N–H and O–H groups in total. The van der Waals surface area contributed by atoms with Crippen molar-refractivity contribution in [2.45, 2.75) is 0 Å². The van der Waals surface area contributed by atoms with Gasteiger partial charge in [0.05, 0.1) is 6.20 Å². The lowest BCUT2D eigenvalue weighted by molar-refractivity contribution is 0.103. The Kier molecular flexibility index (Phi) is 2.46. The third-order valence-electron chi connectivity index (χ3n) is 2.02. The lowest BCUT2D eigenvalue weighted by atomic mass is 10.1. The Bertz CT molecular complexity index is 463. The Labute approximate surface area is 87.0 Å². The normalized spacial score (nSPS) is 9.87. The van der Waals surface area contributed by atoms with Gasteiger partial charge >= 0.3 is 0 Å². The second-order valence-electron chi connectivity index (χ2n) is 3.10. The van der Waals surface area contributed by atoms with Crippen molar-refractivity contribution < 1.29 is 9.90 Å². The molecule has 0 radical (unpaired) electrons. The molecule has 0 atom stereocenters. The van der Waals surface area contributed by atoms with Gasteiger partial charge in [0, 0.05) is 5.56 Å². The predicted octanol–water partition coefficient (Wildman–Crippen LogP) is 2.02. The minimum Gasteiger partial charge on any atom is -0.506 e. The Balaban J connectivity index is 2.33. The van der Waals surface area contributed by atoms with E-state index in [0.717, 1.165) is 0 Å². The van der Waals surface area contributed by atoms with E-state index in [2.05, 4.69) is 4.98 Å². The van der Waals surface area contributed by atoms with Gasteiger partial charge in [0.1, 0.15) is 11.4 Å². The van der Waals surface area contributed by atoms with Gasteiger partial charge in [-0.25, -0.2) is 4.98 Å². The van der Waals surface area contributed by atoms with Crippen LogP contribution in [-0.2, 0) is 0 Å². The SMILES string of the molecule is O=C(c1ccccc1)c1ccc(O)cn1. The Morgan fingerprint density at radius 1 is 1.07 bits per heavy atom. The number of carbonyl (C=O) groups is 1. The van der Waals surface area contributed by atoms with Crippen LogP contribution >= 0.6 is 0 Å². The lowest BCUT2D eigenvalue weighted by Crippen LogP contribution is -2.02. The van der Waals surface area contributed by atoms with Crippen molar-refractivity contribution in [3.05, 3.63) is 59.9 Å². The van der Waals surface area contributed by atoms with Crippen molar-refractivity contribution >= 4 is 5.78 Å². The molecule has 3 nitrogen and oxygen atoms in total. The number of benzene rings is 1. The van der Waals surface area contributed by atoms with Crippen molar-refractivity contribution in [2.24, 2.45) is 0 Å². The summed E-state index contributed by atoms with van der Waals surface area (Å²) in [6.07, 6.45) is 1.26. The zero-order valence-electron chi connectivity index (χ0n) is 7.92. The fraction of sp³-hybridized carbons (Fsp3) is 0. The number of aromatic nitrogens is 1. The molecule has 0 fully saturated rings. The molecule has 0 spiro atoms. The minimum absolute atomic E-state index is 0.0552. The van der Waals surface area contributed by atoms with E-state index in [0.29, 0.717) is 11.3 Å². The third kappa shape index (κ3) is 2.02. The molecule has 74 valence electrons. The standard InChI is InChI=1S/C12H9NO2/c14-10-6-7-11(13-8-10)12(15)9-4-2-1-3-5-9/h1-8,14H. The molecule has 15 heavy (non-hydrogen) atoms. The lowest BCUT2D eigenvalue weighted by Gasteiger charge is -1.99. The monoisotopic (exact) mass is 199 g/mol. The molecule has 0 saturated heterocycles. The van der Waals surface area contributed by atoms with Crippen LogP contribution in [0, 0.1) is 0 Å². The summed E-state index contributed by atoms with van der Waals surface area (Å²) < 4.78 is 0. The maximum Gasteiger partial charge on any atom is 0.211 e. The van der Waals surface area contributed by atoms with Gasteiger partial charge in [0.15, 0.2) is 0 Å². The van der Waals surface area contributed by atoms with Crippen LogP contribution in [0.5, 0.6) is 5.75 Å². The number of nitrogens with zero attached hydrogens (tertiary/aromatic N) is 1. The molecule has 0 amide bonds. The van der Waals surface area contributed by atoms with E-state index in [-0.39, 0.29) is 11.5 Å². The Hall–Kier alpha value is -2.16. The molecule has 1 heterocycles. The van der Waals surface area contributed by atoms with Gasteiger partial charge in [-0.3, -0.25) is 4.79 Å². The molecule has 0 aliphatic rings. The molecule has 1 aromatic carbocycles. The number of carbonyl (C=O) groups excluding carboxylic acids is 1. The summed E-state index contributed by atoms with van der Waals surface area (Å²) in [4.78, 5) is 15.7. The molecule has 2 aromatic rings. The van der Waals surface area contributed by atoms with E-state index in [1.165, 1.54) is 18.3 Å². The second kappa shape index (κ2) is 3.92. The summed E-state index contributed by atoms with van der Waals surface area (Å²) in [5.41, 5.74) is 0.926. The highest BCUT2D eigenvalue weighted by atomic mass is 16.3. The van der Waals surface area contributed by atoms with Gasteiger partial charge in [-0.05, 0) is 12.1 Å². The fourth-order valence-electron chi connectivity index (χ4n) is 1.26. The average molecular weight is 199 g/mol. The van der Waals surface area contributed by atoms with Crippen molar-refractivity contribution in [1.29, 1.82) is 0 Å². The molecule has 2 rings (SSSR count). The minimum atomic E-state index is -0.143. The summed E-state index contributed by atoms with van der Waals surface area (Å²) in [6, 6.07) is 11.9. The zero-order valence-corrected chi connectivity index (χ0v) is 7.92. The molecule has 0 aliphatic carbocycles. The average Bonchev–Trinajstić information content (AvgIpc) is 2.30. The van der Waals surface area contributed by atoms with Gasteiger partial charge < -0.3 is 5.11 Å². The van der Waals surface area contributed by atoms with Crippen molar-refractivity contribution in [1.82, 2.24) is 4.98 Å². The first-order chi connectivity index (χ1) is 7.27. The van der Waals surface area contributed by atoms with E-state index in [1.54, 1.807) is 24.3 Å². The van der Waals surface area contributed by atoms with Crippen LogP contribution in [0.2, 0.25) is 0 Å². The summed E-state index contributed by atoms with van der Waals surface area (Å²) in [5.74, 6) is -0.0878. The number of hydrogen-bond donors (Lipinski definition) is 1. The Morgan fingerprint density at radius 3 is 2.40 bits per heavy atom. The van der Waals surface area contributed by atoms with E-state index < -0.39 is 0 Å². The number of ketones is 1. The third-order valence-corrected chi connectivity index (χ3v) is 2.02. The number of pyridine rings is 1. The molecule has 1 aromatic heterocycles. The maximum atomic E-state index is 11.8. The maximum absolute atomic E-state index is 11.8. The second-order valence-corrected chi connectivity index (χ2v) is 3.10. The number of aromatic hydroxyl groups is 1. The zero-order chi connectivity index (χ0) is 10.7. The van der Waals surface area contributed by atoms with Crippen LogP contribution in [0.1, 0.15) is 16.1 Å². The summed E-state index contributed by atoms with van der Waals surface area (Å²) in [6.45, 7) is 0. The van der Waals surface area contributed by atoms with Crippen molar-refractivity contribution in [2.75, 3.05) is 0 Å². The van der Waals surface area contributed by atoms with Crippen LogP contribution in [0.25, 0.3) is 0 Å². The van der Waals surface area contributed by atoms with Gasteiger partial charge in [0.2, 0.25) is 5.78 Å². The first-order valence-electron chi connectivity index (χ1n) is 4.52. The molecule has 0 saturated carbocycles. The number of hydrogen-bond acceptors (Lipinski definition) is 3. The van der Waals surface area contributed by atoms with Crippen LogP contribution in [0.15, 0.2) is 48.7 Å². The van der Waals surface area contributed by atoms with Crippen LogP contribution in [0.4, 0.5) is 0 Å². The highest BCUT2D eigenvalue weighted by Crippen LogP contribution is 2.10. The van der Waals surface area contributed by atoms with E-state index in [9.17, 15) is 4.79 Å². The van der Waals surface area contributed by atoms with Gasteiger partial charge in [-0.1, -0.05) is 30.3 Å². The largest absolute Gasteiger partial charge is 0.506 e. The van der Waals surface area contributed by atoms with Gasteiger partial charge in [-0.15, -0.1) is 0 Å².